The van der Waals surface area contributed by atoms with Gasteiger partial charge < -0.3 is 0 Å². The molecule has 0 aliphatic carbocycles. The molecule has 2 heterocycles. The molecular weight excluding hydrogens is 311 g/mol. The van der Waals surface area contributed by atoms with Crippen LogP contribution in [0.1, 0.15) is 11.3 Å². The molecule has 0 saturated carbocycles. The third kappa shape index (κ3) is 2.67. The van der Waals surface area contributed by atoms with Gasteiger partial charge in [-0.25, -0.2) is 14.0 Å². The maximum Gasteiger partial charge on any atom is 0.271 e. The maximum absolute atomic E-state index is 13.0. The molecule has 0 fully saturated rings. The van der Waals surface area contributed by atoms with E-state index in [1.807, 2.05) is 24.3 Å². The van der Waals surface area contributed by atoms with Crippen LogP contribution in [0.4, 0.5) is 4.39 Å². The van der Waals surface area contributed by atoms with Crippen LogP contribution in [0.15, 0.2) is 58.0 Å². The molecule has 1 N–H and O–H groups in total. The van der Waals surface area contributed by atoms with E-state index in [1.54, 1.807) is 12.1 Å². The molecule has 2 aromatic heterocycles. The van der Waals surface area contributed by atoms with Gasteiger partial charge in [0, 0.05) is 6.42 Å². The van der Waals surface area contributed by atoms with Crippen molar-refractivity contribution in [3.05, 3.63) is 76.0 Å². The molecule has 2 aromatic carbocycles. The molecule has 0 unspecified atom stereocenters. The van der Waals surface area contributed by atoms with Gasteiger partial charge in [-0.05, 0) is 39.1 Å². The number of aromatic nitrogens is 4. The maximum atomic E-state index is 13.0. The SMILES string of the molecule is O=c1[nH]c2nonc2nc1Cc1cccc(-c2ccc(F)cc2)c1. The Kier molecular flexibility index (Phi) is 3.38. The van der Waals surface area contributed by atoms with Crippen LogP contribution in [0.5, 0.6) is 0 Å². The summed E-state index contributed by atoms with van der Waals surface area (Å²) < 4.78 is 17.6. The number of nitrogens with one attached hydrogen (secondary N) is 1. The van der Waals surface area contributed by atoms with Crippen LogP contribution >= 0.6 is 0 Å². The molecule has 0 aliphatic heterocycles. The quantitative estimate of drug-likeness (QED) is 0.627. The Morgan fingerprint density at radius 1 is 1.04 bits per heavy atom. The van der Waals surface area contributed by atoms with Crippen molar-refractivity contribution in [1.29, 1.82) is 0 Å². The fraction of sp³-hybridized carbons (Fsp3) is 0.0588. The van der Waals surface area contributed by atoms with Crippen molar-refractivity contribution in [2.24, 2.45) is 0 Å². The van der Waals surface area contributed by atoms with Crippen LogP contribution in [-0.2, 0) is 6.42 Å². The molecule has 7 heteroatoms. The minimum Gasteiger partial charge on any atom is -0.299 e. The van der Waals surface area contributed by atoms with Crippen LogP contribution in [0.2, 0.25) is 0 Å². The zero-order valence-electron chi connectivity index (χ0n) is 12.4. The van der Waals surface area contributed by atoms with Crippen molar-refractivity contribution in [1.82, 2.24) is 20.3 Å². The topological polar surface area (TPSA) is 84.7 Å². The van der Waals surface area contributed by atoms with Crippen molar-refractivity contribution in [3.8, 4) is 11.1 Å². The minimum atomic E-state index is -0.328. The molecule has 0 atom stereocenters. The highest BCUT2D eigenvalue weighted by Crippen LogP contribution is 2.21. The number of fused-ring (bicyclic) bond motifs is 1. The number of hydrogen-bond acceptors (Lipinski definition) is 5. The fourth-order valence-corrected chi connectivity index (χ4v) is 2.51. The fourth-order valence-electron chi connectivity index (χ4n) is 2.51. The van der Waals surface area contributed by atoms with Gasteiger partial charge in [-0.3, -0.25) is 9.78 Å². The van der Waals surface area contributed by atoms with E-state index in [1.165, 1.54) is 12.1 Å². The van der Waals surface area contributed by atoms with Crippen molar-refractivity contribution >= 4 is 11.3 Å². The number of H-pyrrole nitrogens is 1. The van der Waals surface area contributed by atoms with E-state index in [4.69, 9.17) is 0 Å². The molecular formula is C17H11FN4O2. The Labute approximate surface area is 134 Å². The van der Waals surface area contributed by atoms with Gasteiger partial charge in [0.15, 0.2) is 0 Å². The van der Waals surface area contributed by atoms with Gasteiger partial charge in [-0.15, -0.1) is 0 Å². The second kappa shape index (κ2) is 5.69. The smallest absolute Gasteiger partial charge is 0.271 e. The van der Waals surface area contributed by atoms with Gasteiger partial charge in [-0.1, -0.05) is 36.4 Å². The lowest BCUT2D eigenvalue weighted by molar-refractivity contribution is 0.314. The lowest BCUT2D eigenvalue weighted by Crippen LogP contribution is -2.15. The number of nitrogens with zero attached hydrogens (tertiary/aromatic N) is 3. The highest BCUT2D eigenvalue weighted by molar-refractivity contribution is 5.64. The van der Waals surface area contributed by atoms with E-state index < -0.39 is 0 Å². The summed E-state index contributed by atoms with van der Waals surface area (Å²) in [6, 6.07) is 13.9. The molecule has 0 spiro atoms. The second-order valence-corrected chi connectivity index (χ2v) is 5.33. The van der Waals surface area contributed by atoms with Gasteiger partial charge in [0.05, 0.1) is 0 Å². The molecule has 0 bridgehead atoms. The van der Waals surface area contributed by atoms with Crippen molar-refractivity contribution in [2.75, 3.05) is 0 Å². The number of benzene rings is 2. The minimum absolute atomic E-state index is 0.226. The van der Waals surface area contributed by atoms with E-state index in [9.17, 15) is 9.18 Å². The largest absolute Gasteiger partial charge is 0.299 e. The summed E-state index contributed by atoms with van der Waals surface area (Å²) in [7, 11) is 0. The van der Waals surface area contributed by atoms with E-state index in [2.05, 4.69) is 24.9 Å². The Morgan fingerprint density at radius 2 is 1.88 bits per heavy atom. The van der Waals surface area contributed by atoms with Crippen LogP contribution in [0.25, 0.3) is 22.4 Å². The van der Waals surface area contributed by atoms with Crippen molar-refractivity contribution in [2.45, 2.75) is 6.42 Å². The van der Waals surface area contributed by atoms with E-state index in [0.29, 0.717) is 12.1 Å². The molecule has 0 aliphatic rings. The summed E-state index contributed by atoms with van der Waals surface area (Å²) in [6.07, 6.45) is 0.340. The van der Waals surface area contributed by atoms with Crippen molar-refractivity contribution in [3.63, 3.8) is 0 Å². The summed E-state index contributed by atoms with van der Waals surface area (Å²) in [5.41, 5.74) is 3.23. The molecule has 118 valence electrons. The molecule has 24 heavy (non-hydrogen) atoms. The standard InChI is InChI=1S/C17H11FN4O2/c18-13-6-4-11(5-7-13)12-3-1-2-10(8-12)9-14-17(23)20-16-15(19-14)21-24-22-16/h1-8H,9H2,(H,20,22,23). The first-order valence-electron chi connectivity index (χ1n) is 7.25. The molecule has 0 saturated heterocycles. The average molecular weight is 322 g/mol. The first kappa shape index (κ1) is 14.3. The second-order valence-electron chi connectivity index (χ2n) is 5.33. The predicted octanol–water partition coefficient (Wildman–Crippen LogP) is 2.70. The van der Waals surface area contributed by atoms with E-state index in [0.717, 1.165) is 16.7 Å². The molecule has 6 nitrogen and oxygen atoms in total. The summed E-state index contributed by atoms with van der Waals surface area (Å²) in [5, 5.41) is 7.19. The van der Waals surface area contributed by atoms with Gasteiger partial charge in [0.1, 0.15) is 11.5 Å². The first-order valence-corrected chi connectivity index (χ1v) is 7.25. The molecule has 0 amide bonds. The summed E-state index contributed by atoms with van der Waals surface area (Å²) in [4.78, 5) is 18.8. The third-order valence-electron chi connectivity index (χ3n) is 3.68. The summed E-state index contributed by atoms with van der Waals surface area (Å²) >= 11 is 0. The van der Waals surface area contributed by atoms with Gasteiger partial charge in [0.25, 0.3) is 5.56 Å². The zero-order valence-corrected chi connectivity index (χ0v) is 12.4. The van der Waals surface area contributed by atoms with Crippen LogP contribution in [0, 0.1) is 5.82 Å². The Balaban J connectivity index is 1.69. The average Bonchev–Trinajstić information content (AvgIpc) is 3.03. The Morgan fingerprint density at radius 3 is 2.71 bits per heavy atom. The van der Waals surface area contributed by atoms with E-state index >= 15 is 0 Å². The van der Waals surface area contributed by atoms with Gasteiger partial charge in [0.2, 0.25) is 11.3 Å². The monoisotopic (exact) mass is 322 g/mol. The number of hydrogen-bond donors (Lipinski definition) is 1. The van der Waals surface area contributed by atoms with Crippen LogP contribution in [-0.4, -0.2) is 20.3 Å². The van der Waals surface area contributed by atoms with Crippen molar-refractivity contribution < 1.29 is 9.02 Å². The highest BCUT2D eigenvalue weighted by Gasteiger charge is 2.10. The van der Waals surface area contributed by atoms with Crippen LogP contribution < -0.4 is 5.56 Å². The van der Waals surface area contributed by atoms with E-state index in [-0.39, 0.29) is 22.7 Å². The lowest BCUT2D eigenvalue weighted by atomic mass is 10.0. The van der Waals surface area contributed by atoms with Gasteiger partial charge >= 0.3 is 0 Å². The predicted molar refractivity (Wildman–Crippen MR) is 84.9 cm³/mol. The first-order chi connectivity index (χ1) is 11.7. The molecule has 4 aromatic rings. The molecule has 0 radical (unpaired) electrons. The van der Waals surface area contributed by atoms with Crippen LogP contribution in [0.3, 0.4) is 0 Å². The highest BCUT2D eigenvalue weighted by atomic mass is 19.1. The number of aromatic amines is 1. The normalized spacial score (nSPS) is 11.0. The summed E-state index contributed by atoms with van der Waals surface area (Å²) in [5.74, 6) is -0.278. The molecule has 4 rings (SSSR count). The Bertz CT molecular complexity index is 1070. The number of rotatable bonds is 3. The lowest BCUT2D eigenvalue weighted by Gasteiger charge is -2.05. The summed E-state index contributed by atoms with van der Waals surface area (Å²) in [6.45, 7) is 0. The third-order valence-corrected chi connectivity index (χ3v) is 3.68. The zero-order chi connectivity index (χ0) is 16.5. The number of halogens is 1. The Hall–Kier alpha value is -3.35. The van der Waals surface area contributed by atoms with Gasteiger partial charge in [-0.2, -0.15) is 0 Å².